The lowest BCUT2D eigenvalue weighted by Gasteiger charge is -2.05. The summed E-state index contributed by atoms with van der Waals surface area (Å²) in [6.07, 6.45) is -4.49. The van der Waals surface area contributed by atoms with E-state index in [9.17, 15) is 13.2 Å². The van der Waals surface area contributed by atoms with Crippen molar-refractivity contribution in [1.29, 1.82) is 0 Å². The van der Waals surface area contributed by atoms with Crippen LogP contribution < -0.4 is 0 Å². The fraction of sp³-hybridized carbons (Fsp3) is 0.143. The van der Waals surface area contributed by atoms with E-state index in [1.54, 1.807) is 0 Å². The standard InChI is InChI=1S/C7H4F3N3O/c8-7(9,10)4-2-1-3-5-6(4)11-12-13(5)14/h1-3,14H. The molecular weight excluding hydrogens is 199 g/mol. The molecule has 0 spiro atoms. The molecule has 0 saturated carbocycles. The Kier molecular flexibility index (Phi) is 1.63. The minimum Gasteiger partial charge on any atom is -0.410 e. The van der Waals surface area contributed by atoms with Crippen LogP contribution in [-0.2, 0) is 6.18 Å². The smallest absolute Gasteiger partial charge is 0.410 e. The molecule has 1 aromatic carbocycles. The van der Waals surface area contributed by atoms with E-state index in [1.807, 2.05) is 0 Å². The molecule has 0 bridgehead atoms. The third-order valence-corrected chi connectivity index (χ3v) is 1.77. The Morgan fingerprint density at radius 3 is 2.64 bits per heavy atom. The van der Waals surface area contributed by atoms with E-state index in [2.05, 4.69) is 10.3 Å². The van der Waals surface area contributed by atoms with Crippen molar-refractivity contribution in [2.75, 3.05) is 0 Å². The van der Waals surface area contributed by atoms with Gasteiger partial charge in [0.1, 0.15) is 11.0 Å². The Balaban J connectivity index is 2.79. The van der Waals surface area contributed by atoms with Crippen LogP contribution in [-0.4, -0.2) is 20.4 Å². The predicted octanol–water partition coefficient (Wildman–Crippen LogP) is 1.69. The van der Waals surface area contributed by atoms with E-state index >= 15 is 0 Å². The van der Waals surface area contributed by atoms with Crippen LogP contribution in [0.1, 0.15) is 5.56 Å². The van der Waals surface area contributed by atoms with Crippen molar-refractivity contribution in [3.8, 4) is 0 Å². The van der Waals surface area contributed by atoms with Gasteiger partial charge in [0.2, 0.25) is 0 Å². The van der Waals surface area contributed by atoms with Crippen LogP contribution in [0.2, 0.25) is 0 Å². The van der Waals surface area contributed by atoms with Gasteiger partial charge in [0.05, 0.1) is 5.56 Å². The van der Waals surface area contributed by atoms with Gasteiger partial charge in [0, 0.05) is 0 Å². The minimum atomic E-state index is -4.49. The van der Waals surface area contributed by atoms with Crippen molar-refractivity contribution in [2.45, 2.75) is 6.18 Å². The van der Waals surface area contributed by atoms with Crippen LogP contribution in [0.3, 0.4) is 0 Å². The molecule has 0 unspecified atom stereocenters. The molecule has 0 amide bonds. The van der Waals surface area contributed by atoms with E-state index in [0.29, 0.717) is 4.85 Å². The molecule has 0 aliphatic heterocycles. The van der Waals surface area contributed by atoms with Crippen LogP contribution in [0.25, 0.3) is 11.0 Å². The summed E-state index contributed by atoms with van der Waals surface area (Å²) in [5.41, 5.74) is -1.34. The Hall–Kier alpha value is -1.79. The second-order valence-electron chi connectivity index (χ2n) is 2.65. The zero-order chi connectivity index (χ0) is 10.3. The quantitative estimate of drug-likeness (QED) is 0.663. The number of fused-ring (bicyclic) bond motifs is 1. The zero-order valence-corrected chi connectivity index (χ0v) is 6.65. The van der Waals surface area contributed by atoms with Gasteiger partial charge in [-0.15, -0.1) is 5.10 Å². The summed E-state index contributed by atoms with van der Waals surface area (Å²) in [6, 6.07) is 3.36. The lowest BCUT2D eigenvalue weighted by Crippen LogP contribution is -2.05. The van der Waals surface area contributed by atoms with Gasteiger partial charge in [-0.1, -0.05) is 10.9 Å². The SMILES string of the molecule is On1nnc2c(C(F)(F)F)cccc21. The number of hydrogen-bond acceptors (Lipinski definition) is 3. The minimum absolute atomic E-state index is 0.0696. The fourth-order valence-electron chi connectivity index (χ4n) is 1.16. The molecule has 2 aromatic rings. The second kappa shape index (κ2) is 2.60. The molecule has 0 aliphatic carbocycles. The molecule has 74 valence electrons. The van der Waals surface area contributed by atoms with E-state index < -0.39 is 11.7 Å². The topological polar surface area (TPSA) is 50.9 Å². The van der Waals surface area contributed by atoms with E-state index in [0.717, 1.165) is 6.07 Å². The summed E-state index contributed by atoms with van der Waals surface area (Å²) in [7, 11) is 0. The highest BCUT2D eigenvalue weighted by Gasteiger charge is 2.34. The summed E-state index contributed by atoms with van der Waals surface area (Å²) in [5.74, 6) is 0. The van der Waals surface area contributed by atoms with E-state index in [4.69, 9.17) is 5.21 Å². The highest BCUT2D eigenvalue weighted by Crippen LogP contribution is 2.33. The van der Waals surface area contributed by atoms with Gasteiger partial charge in [0.15, 0.2) is 0 Å². The number of rotatable bonds is 0. The first-order valence-corrected chi connectivity index (χ1v) is 3.61. The molecule has 7 heteroatoms. The lowest BCUT2D eigenvalue weighted by molar-refractivity contribution is -0.136. The van der Waals surface area contributed by atoms with E-state index in [-0.39, 0.29) is 11.0 Å². The number of hydrogen-bond donors (Lipinski definition) is 1. The Morgan fingerprint density at radius 2 is 2.00 bits per heavy atom. The molecule has 0 saturated heterocycles. The first kappa shape index (κ1) is 8.79. The molecular formula is C7H4F3N3O. The second-order valence-corrected chi connectivity index (χ2v) is 2.65. The van der Waals surface area contributed by atoms with Crippen LogP contribution in [0.5, 0.6) is 0 Å². The molecule has 0 fully saturated rings. The van der Waals surface area contributed by atoms with Gasteiger partial charge in [0.25, 0.3) is 0 Å². The largest absolute Gasteiger partial charge is 0.418 e. The maximum absolute atomic E-state index is 12.4. The molecule has 1 N–H and O–H groups in total. The summed E-state index contributed by atoms with van der Waals surface area (Å²) in [5, 5.41) is 15.3. The summed E-state index contributed by atoms with van der Waals surface area (Å²) in [6.45, 7) is 0. The number of halogens is 3. The number of alkyl halides is 3. The van der Waals surface area contributed by atoms with Crippen molar-refractivity contribution in [2.24, 2.45) is 0 Å². The van der Waals surface area contributed by atoms with Gasteiger partial charge in [-0.2, -0.15) is 13.2 Å². The molecule has 2 rings (SSSR count). The van der Waals surface area contributed by atoms with Gasteiger partial charge in [-0.25, -0.2) is 0 Å². The molecule has 0 atom stereocenters. The molecule has 4 nitrogen and oxygen atoms in total. The average molecular weight is 203 g/mol. The first-order valence-electron chi connectivity index (χ1n) is 3.61. The zero-order valence-electron chi connectivity index (χ0n) is 6.65. The van der Waals surface area contributed by atoms with Gasteiger partial charge in [-0.05, 0) is 17.3 Å². The fourth-order valence-corrected chi connectivity index (χ4v) is 1.16. The molecule has 1 heterocycles. The molecule has 0 aliphatic rings. The number of benzene rings is 1. The maximum atomic E-state index is 12.4. The van der Waals surface area contributed by atoms with Crippen LogP contribution >= 0.6 is 0 Å². The number of aromatic nitrogens is 3. The molecule has 1 aromatic heterocycles. The Morgan fingerprint density at radius 1 is 1.29 bits per heavy atom. The van der Waals surface area contributed by atoms with Gasteiger partial charge >= 0.3 is 6.18 Å². The van der Waals surface area contributed by atoms with Crippen molar-refractivity contribution in [1.82, 2.24) is 15.2 Å². The third kappa shape index (κ3) is 1.17. The van der Waals surface area contributed by atoms with E-state index in [1.165, 1.54) is 12.1 Å². The Labute approximate surface area is 75.5 Å². The first-order chi connectivity index (χ1) is 6.50. The van der Waals surface area contributed by atoms with Crippen LogP contribution in [0.15, 0.2) is 18.2 Å². The monoisotopic (exact) mass is 203 g/mol. The Bertz CT molecular complexity index is 476. The number of nitrogens with zero attached hydrogens (tertiary/aromatic N) is 3. The maximum Gasteiger partial charge on any atom is 0.418 e. The third-order valence-electron chi connectivity index (χ3n) is 1.77. The highest BCUT2D eigenvalue weighted by molar-refractivity contribution is 5.78. The van der Waals surface area contributed by atoms with Crippen molar-refractivity contribution < 1.29 is 18.4 Å². The average Bonchev–Trinajstić information content (AvgIpc) is 2.46. The molecule has 14 heavy (non-hydrogen) atoms. The summed E-state index contributed by atoms with van der Waals surface area (Å²) < 4.78 is 37.1. The summed E-state index contributed by atoms with van der Waals surface area (Å²) >= 11 is 0. The predicted molar refractivity (Wildman–Crippen MR) is 39.7 cm³/mol. The van der Waals surface area contributed by atoms with Gasteiger partial charge < -0.3 is 5.21 Å². The van der Waals surface area contributed by atoms with Crippen molar-refractivity contribution >= 4 is 11.0 Å². The van der Waals surface area contributed by atoms with Crippen LogP contribution in [0.4, 0.5) is 13.2 Å². The summed E-state index contributed by atoms with van der Waals surface area (Å²) in [4.78, 5) is 0.310. The van der Waals surface area contributed by atoms with Crippen molar-refractivity contribution in [3.05, 3.63) is 23.8 Å². The van der Waals surface area contributed by atoms with Crippen LogP contribution in [0, 0.1) is 0 Å². The highest BCUT2D eigenvalue weighted by atomic mass is 19.4. The molecule has 0 radical (unpaired) electrons. The van der Waals surface area contributed by atoms with Gasteiger partial charge in [-0.3, -0.25) is 0 Å². The lowest BCUT2D eigenvalue weighted by atomic mass is 10.2. The van der Waals surface area contributed by atoms with Crippen molar-refractivity contribution in [3.63, 3.8) is 0 Å². The normalized spacial score (nSPS) is 12.2.